The highest BCUT2D eigenvalue weighted by Gasteiger charge is 2.18. The van der Waals surface area contributed by atoms with E-state index in [0.29, 0.717) is 26.5 Å². The Morgan fingerprint density at radius 3 is 2.48 bits per heavy atom. The Labute approximate surface area is 174 Å². The van der Waals surface area contributed by atoms with Crippen molar-refractivity contribution in [3.8, 4) is 0 Å². The lowest BCUT2D eigenvalue weighted by Crippen LogP contribution is -2.21. The van der Waals surface area contributed by atoms with E-state index in [1.54, 1.807) is 32.5 Å². The van der Waals surface area contributed by atoms with Crippen molar-refractivity contribution in [1.82, 2.24) is 24.8 Å². The Morgan fingerprint density at radius 2 is 1.79 bits per heavy atom. The number of thiazole rings is 2. The molecule has 150 valence electrons. The highest BCUT2D eigenvalue weighted by Crippen LogP contribution is 2.24. The number of carbonyl (C=O) groups is 3. The van der Waals surface area contributed by atoms with Crippen LogP contribution in [-0.4, -0.2) is 56.7 Å². The van der Waals surface area contributed by atoms with Gasteiger partial charge in [-0.05, 0) is 13.0 Å². The number of nitrogens with zero attached hydrogens (tertiary/aromatic N) is 5. The second kappa shape index (κ2) is 8.84. The summed E-state index contributed by atoms with van der Waals surface area (Å²) in [5, 5.41) is 7.64. The SMILES string of the molecule is Cc1nc(NC(=O)Cc2csc(NC(=O)c3ncccn3)n2)sc1C(=O)N(C)C. The van der Waals surface area contributed by atoms with Crippen molar-refractivity contribution in [2.45, 2.75) is 13.3 Å². The van der Waals surface area contributed by atoms with Gasteiger partial charge in [0.1, 0.15) is 4.88 Å². The van der Waals surface area contributed by atoms with Gasteiger partial charge < -0.3 is 10.2 Å². The molecule has 2 N–H and O–H groups in total. The van der Waals surface area contributed by atoms with Crippen molar-refractivity contribution < 1.29 is 14.4 Å². The van der Waals surface area contributed by atoms with Gasteiger partial charge >= 0.3 is 0 Å². The Bertz CT molecular complexity index is 1050. The Balaban J connectivity index is 1.59. The summed E-state index contributed by atoms with van der Waals surface area (Å²) in [6.07, 6.45) is 2.94. The minimum Gasteiger partial charge on any atom is -0.344 e. The number of aryl methyl sites for hydroxylation is 1. The van der Waals surface area contributed by atoms with E-state index < -0.39 is 5.91 Å². The number of nitrogens with one attached hydrogen (secondary N) is 2. The molecule has 10 nitrogen and oxygen atoms in total. The first-order chi connectivity index (χ1) is 13.8. The van der Waals surface area contributed by atoms with Gasteiger partial charge in [-0.25, -0.2) is 19.9 Å². The van der Waals surface area contributed by atoms with Crippen molar-refractivity contribution in [2.24, 2.45) is 0 Å². The van der Waals surface area contributed by atoms with Gasteiger partial charge in [0.15, 0.2) is 10.3 Å². The van der Waals surface area contributed by atoms with E-state index in [2.05, 4.69) is 30.6 Å². The fourth-order valence-corrected chi connectivity index (χ4v) is 3.90. The molecule has 0 radical (unpaired) electrons. The van der Waals surface area contributed by atoms with Gasteiger partial charge in [0.05, 0.1) is 17.8 Å². The minimum atomic E-state index is -0.479. The molecule has 0 spiro atoms. The molecule has 0 aliphatic heterocycles. The number of hydrogen-bond acceptors (Lipinski definition) is 9. The van der Waals surface area contributed by atoms with Crippen LogP contribution in [0.25, 0.3) is 0 Å². The van der Waals surface area contributed by atoms with Gasteiger partial charge in [-0.15, -0.1) is 11.3 Å². The number of carbonyl (C=O) groups excluding carboxylic acids is 3. The van der Waals surface area contributed by atoms with E-state index in [9.17, 15) is 14.4 Å². The Morgan fingerprint density at radius 1 is 1.07 bits per heavy atom. The summed E-state index contributed by atoms with van der Waals surface area (Å²) in [5.74, 6) is -0.934. The van der Waals surface area contributed by atoms with Gasteiger partial charge in [-0.2, -0.15) is 0 Å². The first-order valence-electron chi connectivity index (χ1n) is 8.35. The average Bonchev–Trinajstić information content (AvgIpc) is 3.27. The lowest BCUT2D eigenvalue weighted by atomic mass is 10.3. The number of anilines is 2. The molecule has 0 saturated heterocycles. The predicted molar refractivity (Wildman–Crippen MR) is 109 cm³/mol. The molecule has 3 aromatic heterocycles. The van der Waals surface area contributed by atoms with E-state index in [-0.39, 0.29) is 24.1 Å². The molecular weight excluding hydrogens is 414 g/mol. The largest absolute Gasteiger partial charge is 0.344 e. The summed E-state index contributed by atoms with van der Waals surface area (Å²) < 4.78 is 0. The Kier molecular flexibility index (Phi) is 6.24. The van der Waals surface area contributed by atoms with E-state index in [1.165, 1.54) is 28.6 Å². The topological polar surface area (TPSA) is 130 Å². The zero-order chi connectivity index (χ0) is 21.0. The molecule has 0 saturated carbocycles. The molecule has 0 fully saturated rings. The maximum absolute atomic E-state index is 12.3. The second-order valence-electron chi connectivity index (χ2n) is 6.03. The fraction of sp³-hybridized carbons (Fsp3) is 0.235. The maximum atomic E-state index is 12.3. The third-order valence-electron chi connectivity index (χ3n) is 3.53. The fourth-order valence-electron chi connectivity index (χ4n) is 2.19. The molecule has 29 heavy (non-hydrogen) atoms. The highest BCUT2D eigenvalue weighted by atomic mass is 32.1. The van der Waals surface area contributed by atoms with Crippen molar-refractivity contribution in [2.75, 3.05) is 24.7 Å². The third kappa shape index (κ3) is 5.18. The Hall–Kier alpha value is -3.25. The van der Waals surface area contributed by atoms with Gasteiger partial charge in [0.2, 0.25) is 11.7 Å². The molecular formula is C17H17N7O3S2. The zero-order valence-corrected chi connectivity index (χ0v) is 17.4. The quantitative estimate of drug-likeness (QED) is 0.609. The van der Waals surface area contributed by atoms with E-state index in [0.717, 1.165) is 11.3 Å². The molecule has 0 bridgehead atoms. The van der Waals surface area contributed by atoms with Crippen molar-refractivity contribution >= 4 is 50.7 Å². The predicted octanol–water partition coefficient (Wildman–Crippen LogP) is 1.83. The first-order valence-corrected chi connectivity index (χ1v) is 10.0. The molecule has 0 aromatic carbocycles. The normalized spacial score (nSPS) is 10.4. The van der Waals surface area contributed by atoms with Crippen LogP contribution in [0.4, 0.5) is 10.3 Å². The van der Waals surface area contributed by atoms with Crippen LogP contribution in [0, 0.1) is 6.92 Å². The van der Waals surface area contributed by atoms with Gasteiger partial charge in [-0.1, -0.05) is 11.3 Å². The summed E-state index contributed by atoms with van der Waals surface area (Å²) in [6, 6.07) is 1.61. The lowest BCUT2D eigenvalue weighted by molar-refractivity contribution is -0.115. The van der Waals surface area contributed by atoms with Crippen LogP contribution in [0.5, 0.6) is 0 Å². The van der Waals surface area contributed by atoms with Crippen LogP contribution in [0.2, 0.25) is 0 Å². The van der Waals surface area contributed by atoms with Crippen LogP contribution in [0.15, 0.2) is 23.8 Å². The smallest absolute Gasteiger partial charge is 0.295 e. The van der Waals surface area contributed by atoms with Crippen molar-refractivity contribution in [3.63, 3.8) is 0 Å². The summed E-state index contributed by atoms with van der Waals surface area (Å²) in [6.45, 7) is 1.72. The molecule has 3 heterocycles. The average molecular weight is 432 g/mol. The van der Waals surface area contributed by atoms with Gasteiger partial charge in [0, 0.05) is 31.9 Å². The first kappa shape index (κ1) is 20.5. The van der Waals surface area contributed by atoms with E-state index >= 15 is 0 Å². The van der Waals surface area contributed by atoms with Crippen molar-refractivity contribution in [3.05, 3.63) is 45.9 Å². The molecule has 3 aromatic rings. The van der Waals surface area contributed by atoms with Crippen molar-refractivity contribution in [1.29, 1.82) is 0 Å². The molecule has 3 amide bonds. The standard InChI is InChI=1S/C17H17N7O3S2/c1-9-12(15(27)24(2)3)29-17(20-9)22-11(25)7-10-8-28-16(21-10)23-14(26)13-18-5-4-6-19-13/h4-6,8H,7H2,1-3H3,(H,20,22,25)(H,21,23,26). The minimum absolute atomic E-state index is 0.00377. The third-order valence-corrected chi connectivity index (χ3v) is 5.39. The summed E-state index contributed by atoms with van der Waals surface area (Å²) in [5.41, 5.74) is 1.06. The summed E-state index contributed by atoms with van der Waals surface area (Å²) in [7, 11) is 3.31. The molecule has 0 aliphatic rings. The van der Waals surface area contributed by atoms with Crippen LogP contribution in [0.1, 0.15) is 31.7 Å². The maximum Gasteiger partial charge on any atom is 0.295 e. The molecule has 3 rings (SSSR count). The molecule has 0 unspecified atom stereocenters. The number of rotatable bonds is 6. The van der Waals surface area contributed by atoms with Crippen LogP contribution < -0.4 is 10.6 Å². The number of aromatic nitrogens is 4. The summed E-state index contributed by atoms with van der Waals surface area (Å²) >= 11 is 2.32. The van der Waals surface area contributed by atoms with Gasteiger partial charge in [0.25, 0.3) is 11.8 Å². The van der Waals surface area contributed by atoms with Crippen LogP contribution in [-0.2, 0) is 11.2 Å². The molecule has 0 aliphatic carbocycles. The molecule has 12 heteroatoms. The monoisotopic (exact) mass is 431 g/mol. The number of hydrogen-bond donors (Lipinski definition) is 2. The van der Waals surface area contributed by atoms with E-state index in [4.69, 9.17) is 0 Å². The summed E-state index contributed by atoms with van der Waals surface area (Å²) in [4.78, 5) is 54.5. The zero-order valence-electron chi connectivity index (χ0n) is 15.8. The highest BCUT2D eigenvalue weighted by molar-refractivity contribution is 7.17. The van der Waals surface area contributed by atoms with Gasteiger partial charge in [-0.3, -0.25) is 19.7 Å². The lowest BCUT2D eigenvalue weighted by Gasteiger charge is -2.07. The van der Waals surface area contributed by atoms with Crippen LogP contribution in [0.3, 0.4) is 0 Å². The number of amides is 3. The van der Waals surface area contributed by atoms with E-state index in [1.807, 2.05) is 0 Å². The van der Waals surface area contributed by atoms with Crippen LogP contribution >= 0.6 is 22.7 Å². The second-order valence-corrected chi connectivity index (χ2v) is 7.89. The molecule has 0 atom stereocenters.